The van der Waals surface area contributed by atoms with Gasteiger partial charge in [-0.25, -0.2) is 15.0 Å². The third-order valence-corrected chi connectivity index (χ3v) is 7.15. The molecule has 37 heavy (non-hydrogen) atoms. The van der Waals surface area contributed by atoms with Gasteiger partial charge >= 0.3 is 0 Å². The summed E-state index contributed by atoms with van der Waals surface area (Å²) in [7, 11) is 0. The molecule has 0 bridgehead atoms. The maximum atomic E-state index is 14.3. The number of aromatic nitrogens is 6. The second-order valence-corrected chi connectivity index (χ2v) is 9.73. The number of thiazole rings is 1. The monoisotopic (exact) mass is 507 g/mol. The van der Waals surface area contributed by atoms with E-state index in [0.29, 0.717) is 11.2 Å². The van der Waals surface area contributed by atoms with Crippen LogP contribution in [0.1, 0.15) is 32.0 Å². The molecule has 9 heteroatoms. The van der Waals surface area contributed by atoms with E-state index in [4.69, 9.17) is 0 Å². The van der Waals surface area contributed by atoms with Gasteiger partial charge in [-0.3, -0.25) is 14.0 Å². The zero-order valence-electron chi connectivity index (χ0n) is 20.5. The standard InChI is InChI=1S/C28H25N7OS/c1-3-12-34-15-20(14-32-34)22-11-7-8-19-13-23(35(28(36)24(19)22)21-9-5-4-6-10-21)18(2)33-26-25-27(30-16-29-26)37-17-31-25/h4-11,13-18H,3,12H2,1-2H3,(H,29,30,33)/t18-/m0/s1. The fraction of sp³-hybridized carbons (Fsp3) is 0.179. The smallest absolute Gasteiger partial charge is 0.263 e. The Labute approximate surface area is 217 Å². The van der Waals surface area contributed by atoms with Crippen molar-refractivity contribution in [2.75, 3.05) is 5.32 Å². The van der Waals surface area contributed by atoms with Crippen molar-refractivity contribution in [3.63, 3.8) is 0 Å². The molecule has 2 aromatic carbocycles. The molecule has 6 rings (SSSR count). The number of pyridine rings is 1. The molecule has 0 aliphatic rings. The number of para-hydroxylation sites is 1. The highest BCUT2D eigenvalue weighted by atomic mass is 32.1. The van der Waals surface area contributed by atoms with Crippen LogP contribution in [0.3, 0.4) is 0 Å². The van der Waals surface area contributed by atoms with Crippen LogP contribution >= 0.6 is 11.3 Å². The number of nitrogens with zero attached hydrogens (tertiary/aromatic N) is 6. The summed E-state index contributed by atoms with van der Waals surface area (Å²) in [6.45, 7) is 4.98. The minimum absolute atomic E-state index is 0.0762. The van der Waals surface area contributed by atoms with Gasteiger partial charge in [0.15, 0.2) is 5.82 Å². The molecule has 8 nitrogen and oxygen atoms in total. The van der Waals surface area contributed by atoms with Crippen LogP contribution in [0.15, 0.2) is 83.6 Å². The number of nitrogens with one attached hydrogen (secondary N) is 1. The Balaban J connectivity index is 1.54. The predicted octanol–water partition coefficient (Wildman–Crippen LogP) is 5.84. The molecule has 4 heterocycles. The number of hydrogen-bond acceptors (Lipinski definition) is 7. The fourth-order valence-electron chi connectivity index (χ4n) is 4.72. The van der Waals surface area contributed by atoms with Crippen molar-refractivity contribution >= 4 is 38.3 Å². The van der Waals surface area contributed by atoms with Crippen molar-refractivity contribution in [1.29, 1.82) is 0 Å². The van der Waals surface area contributed by atoms with Crippen LogP contribution in [-0.2, 0) is 6.54 Å². The highest BCUT2D eigenvalue weighted by Gasteiger charge is 2.20. The van der Waals surface area contributed by atoms with Gasteiger partial charge in [0.05, 0.1) is 23.1 Å². The van der Waals surface area contributed by atoms with Crippen molar-refractivity contribution in [3.05, 3.63) is 94.9 Å². The maximum Gasteiger partial charge on any atom is 0.263 e. The lowest BCUT2D eigenvalue weighted by molar-refractivity contribution is 0.603. The maximum absolute atomic E-state index is 14.3. The first-order valence-corrected chi connectivity index (χ1v) is 13.1. The normalized spacial score (nSPS) is 12.3. The minimum atomic E-state index is -0.243. The summed E-state index contributed by atoms with van der Waals surface area (Å²) in [5, 5.41) is 9.51. The lowest BCUT2D eigenvalue weighted by atomic mass is 9.99. The molecular formula is C28H25N7OS. The first-order valence-electron chi connectivity index (χ1n) is 12.2. The van der Waals surface area contributed by atoms with E-state index in [2.05, 4.69) is 38.4 Å². The number of benzene rings is 2. The van der Waals surface area contributed by atoms with Gasteiger partial charge in [0.2, 0.25) is 0 Å². The molecule has 0 unspecified atom stereocenters. The number of aryl methyl sites for hydroxylation is 1. The van der Waals surface area contributed by atoms with E-state index in [-0.39, 0.29) is 11.6 Å². The average Bonchev–Trinajstić information content (AvgIpc) is 3.59. The molecule has 0 saturated heterocycles. The molecule has 0 amide bonds. The SMILES string of the molecule is CCCn1cc(-c2cccc3cc([C@H](C)Nc4ncnc5scnc45)n(-c4ccccc4)c(=O)c23)cn1. The first-order chi connectivity index (χ1) is 18.1. The third kappa shape index (κ3) is 4.17. The van der Waals surface area contributed by atoms with Crippen LogP contribution in [0.25, 0.3) is 37.9 Å². The van der Waals surface area contributed by atoms with Crippen molar-refractivity contribution in [2.24, 2.45) is 0 Å². The molecule has 0 aliphatic carbocycles. The van der Waals surface area contributed by atoms with Gasteiger partial charge in [-0.15, -0.1) is 11.3 Å². The van der Waals surface area contributed by atoms with Crippen molar-refractivity contribution in [1.82, 2.24) is 29.3 Å². The van der Waals surface area contributed by atoms with Gasteiger partial charge in [-0.2, -0.15) is 5.10 Å². The highest BCUT2D eigenvalue weighted by Crippen LogP contribution is 2.31. The quantitative estimate of drug-likeness (QED) is 0.292. The third-order valence-electron chi connectivity index (χ3n) is 6.42. The molecule has 0 fully saturated rings. The molecular weight excluding hydrogens is 482 g/mol. The molecule has 0 radical (unpaired) electrons. The van der Waals surface area contributed by atoms with E-state index in [1.807, 2.05) is 72.5 Å². The summed E-state index contributed by atoms with van der Waals surface area (Å²) >= 11 is 1.47. The van der Waals surface area contributed by atoms with E-state index in [1.165, 1.54) is 17.7 Å². The summed E-state index contributed by atoms with van der Waals surface area (Å²) in [5.41, 5.74) is 5.84. The Bertz CT molecular complexity index is 1770. The van der Waals surface area contributed by atoms with Crippen LogP contribution in [0.4, 0.5) is 5.82 Å². The Morgan fingerprint density at radius 2 is 1.92 bits per heavy atom. The Kier molecular flexibility index (Phi) is 5.97. The van der Waals surface area contributed by atoms with Crippen LogP contribution in [0.2, 0.25) is 0 Å². The summed E-state index contributed by atoms with van der Waals surface area (Å²) in [6.07, 6.45) is 6.37. The van der Waals surface area contributed by atoms with Gasteiger partial charge in [0.1, 0.15) is 16.7 Å². The molecule has 184 valence electrons. The molecule has 1 atom stereocenters. The van der Waals surface area contributed by atoms with Crippen molar-refractivity contribution in [2.45, 2.75) is 32.9 Å². The Hall–Kier alpha value is -4.37. The molecule has 0 saturated carbocycles. The number of rotatable bonds is 7. The van der Waals surface area contributed by atoms with E-state index < -0.39 is 0 Å². The Morgan fingerprint density at radius 1 is 1.05 bits per heavy atom. The molecule has 4 aromatic heterocycles. The van der Waals surface area contributed by atoms with Gasteiger partial charge in [-0.05, 0) is 42.5 Å². The zero-order valence-corrected chi connectivity index (χ0v) is 21.3. The van der Waals surface area contributed by atoms with E-state index >= 15 is 0 Å². The lowest BCUT2D eigenvalue weighted by Gasteiger charge is -2.22. The Morgan fingerprint density at radius 3 is 2.76 bits per heavy atom. The topological polar surface area (TPSA) is 90.5 Å². The minimum Gasteiger partial charge on any atom is -0.360 e. The highest BCUT2D eigenvalue weighted by molar-refractivity contribution is 7.16. The molecule has 6 aromatic rings. The zero-order chi connectivity index (χ0) is 25.4. The molecule has 0 aliphatic heterocycles. The van der Waals surface area contributed by atoms with Gasteiger partial charge < -0.3 is 5.32 Å². The summed E-state index contributed by atoms with van der Waals surface area (Å²) in [6, 6.07) is 17.6. The number of fused-ring (bicyclic) bond motifs is 2. The van der Waals surface area contributed by atoms with Gasteiger partial charge in [0, 0.05) is 29.7 Å². The molecule has 0 spiro atoms. The second kappa shape index (κ2) is 9.59. The molecule has 1 N–H and O–H groups in total. The first kappa shape index (κ1) is 23.1. The number of hydrogen-bond donors (Lipinski definition) is 1. The van der Waals surface area contributed by atoms with Crippen LogP contribution in [0, 0.1) is 0 Å². The van der Waals surface area contributed by atoms with Crippen LogP contribution in [-0.4, -0.2) is 29.3 Å². The summed E-state index contributed by atoms with van der Waals surface area (Å²) in [4.78, 5) is 28.2. The van der Waals surface area contributed by atoms with Crippen LogP contribution < -0.4 is 10.9 Å². The van der Waals surface area contributed by atoms with E-state index in [1.54, 1.807) is 10.1 Å². The van der Waals surface area contributed by atoms with Gasteiger partial charge in [-0.1, -0.05) is 43.3 Å². The summed E-state index contributed by atoms with van der Waals surface area (Å²) < 4.78 is 3.71. The van der Waals surface area contributed by atoms with Crippen molar-refractivity contribution in [3.8, 4) is 16.8 Å². The van der Waals surface area contributed by atoms with Gasteiger partial charge in [0.25, 0.3) is 5.56 Å². The van der Waals surface area contributed by atoms with E-state index in [0.717, 1.165) is 51.2 Å². The van der Waals surface area contributed by atoms with Crippen LogP contribution in [0.5, 0.6) is 0 Å². The van der Waals surface area contributed by atoms with E-state index in [9.17, 15) is 4.79 Å². The fourth-order valence-corrected chi connectivity index (χ4v) is 5.34. The van der Waals surface area contributed by atoms with Crippen molar-refractivity contribution < 1.29 is 0 Å². The largest absolute Gasteiger partial charge is 0.360 e. The second-order valence-electron chi connectivity index (χ2n) is 8.90. The predicted molar refractivity (Wildman–Crippen MR) is 148 cm³/mol. The number of anilines is 1. The average molecular weight is 508 g/mol. The summed E-state index contributed by atoms with van der Waals surface area (Å²) in [5.74, 6) is 0.642. The lowest BCUT2D eigenvalue weighted by Crippen LogP contribution is -2.26.